The quantitative estimate of drug-likeness (QED) is 0.678. The molecule has 2 heterocycles. The molecule has 3 N–H and O–H groups in total. The molecule has 0 aliphatic carbocycles. The van der Waals surface area contributed by atoms with Crippen molar-refractivity contribution < 1.29 is 4.39 Å². The van der Waals surface area contributed by atoms with E-state index >= 15 is 0 Å². The van der Waals surface area contributed by atoms with Crippen molar-refractivity contribution in [1.82, 2.24) is 19.5 Å². The number of rotatable bonds is 4. The molecule has 0 amide bonds. The van der Waals surface area contributed by atoms with Gasteiger partial charge in [-0.05, 0) is 47.5 Å². The highest BCUT2D eigenvalue weighted by Crippen LogP contribution is 2.25. The van der Waals surface area contributed by atoms with E-state index in [0.29, 0.717) is 34.2 Å². The first-order valence-electron chi connectivity index (χ1n) is 7.20. The highest BCUT2D eigenvalue weighted by atomic mass is 79.9. The minimum absolute atomic E-state index is 0.0890. The predicted molar refractivity (Wildman–Crippen MR) is 91.5 cm³/mol. The van der Waals surface area contributed by atoms with Gasteiger partial charge in [-0.25, -0.2) is 9.37 Å². The van der Waals surface area contributed by atoms with Crippen molar-refractivity contribution in [2.24, 2.45) is 0 Å². The Bertz CT molecular complexity index is 845. The highest BCUT2D eigenvalue weighted by molar-refractivity contribution is 9.10. The number of nitrogen functional groups attached to an aromatic ring is 1. The maximum absolute atomic E-state index is 13.0. The largest absolute Gasteiger partial charge is 0.382 e. The third-order valence-corrected chi connectivity index (χ3v) is 4.21. The number of imidazole rings is 1. The molecular formula is C15H16BrFN6. The summed E-state index contributed by atoms with van der Waals surface area (Å²) in [4.78, 5) is 13.1. The summed E-state index contributed by atoms with van der Waals surface area (Å²) in [6.45, 7) is 4.66. The van der Waals surface area contributed by atoms with Crippen molar-refractivity contribution in [1.29, 1.82) is 0 Å². The minimum Gasteiger partial charge on any atom is -0.382 e. The number of benzene rings is 1. The number of anilines is 2. The third-order valence-electron chi connectivity index (χ3n) is 3.61. The molecule has 0 radical (unpaired) electrons. The average molecular weight is 379 g/mol. The number of nitrogens with two attached hydrogens (primary N) is 1. The monoisotopic (exact) mass is 378 g/mol. The van der Waals surface area contributed by atoms with Crippen LogP contribution in [0.2, 0.25) is 0 Å². The summed E-state index contributed by atoms with van der Waals surface area (Å²) in [6, 6.07) is 6.21. The number of halogens is 2. The van der Waals surface area contributed by atoms with Crippen molar-refractivity contribution in [2.75, 3.05) is 11.1 Å². The van der Waals surface area contributed by atoms with E-state index in [0.717, 1.165) is 5.56 Å². The van der Waals surface area contributed by atoms with Crippen LogP contribution in [0.25, 0.3) is 11.2 Å². The summed E-state index contributed by atoms with van der Waals surface area (Å²) in [5, 5.41) is 3.19. The molecule has 0 spiro atoms. The van der Waals surface area contributed by atoms with E-state index in [1.165, 1.54) is 12.1 Å². The molecule has 120 valence electrons. The van der Waals surface area contributed by atoms with Crippen LogP contribution in [0.5, 0.6) is 0 Å². The van der Waals surface area contributed by atoms with Gasteiger partial charge in [0.2, 0.25) is 5.95 Å². The number of hydrogen-bond acceptors (Lipinski definition) is 5. The summed E-state index contributed by atoms with van der Waals surface area (Å²) < 4.78 is 15.6. The Labute approximate surface area is 141 Å². The van der Waals surface area contributed by atoms with Gasteiger partial charge in [0.25, 0.3) is 0 Å². The Hall–Kier alpha value is -2.22. The molecule has 1 atom stereocenters. The van der Waals surface area contributed by atoms with Crippen LogP contribution in [0, 0.1) is 5.82 Å². The molecule has 0 saturated heterocycles. The van der Waals surface area contributed by atoms with Gasteiger partial charge in [0.05, 0.1) is 6.04 Å². The van der Waals surface area contributed by atoms with E-state index in [2.05, 4.69) is 36.2 Å². The lowest BCUT2D eigenvalue weighted by Crippen LogP contribution is -2.11. The molecule has 23 heavy (non-hydrogen) atoms. The predicted octanol–water partition coefficient (Wildman–Crippen LogP) is 3.50. The van der Waals surface area contributed by atoms with Gasteiger partial charge in [0.15, 0.2) is 21.7 Å². The van der Waals surface area contributed by atoms with Gasteiger partial charge in [0, 0.05) is 6.54 Å². The number of nitrogens with one attached hydrogen (secondary N) is 1. The summed E-state index contributed by atoms with van der Waals surface area (Å²) in [5.74, 6) is 0.463. The number of hydrogen-bond donors (Lipinski definition) is 2. The van der Waals surface area contributed by atoms with Crippen molar-refractivity contribution in [3.8, 4) is 0 Å². The maximum Gasteiger partial charge on any atom is 0.227 e. The fourth-order valence-electron chi connectivity index (χ4n) is 2.37. The van der Waals surface area contributed by atoms with Gasteiger partial charge in [-0.3, -0.25) is 0 Å². The average Bonchev–Trinajstić information content (AvgIpc) is 2.84. The van der Waals surface area contributed by atoms with Gasteiger partial charge < -0.3 is 15.6 Å². The van der Waals surface area contributed by atoms with Crippen molar-refractivity contribution in [2.45, 2.75) is 26.4 Å². The Morgan fingerprint density at radius 2 is 1.96 bits per heavy atom. The first-order chi connectivity index (χ1) is 11.0. The van der Waals surface area contributed by atoms with E-state index in [9.17, 15) is 4.39 Å². The number of fused-ring (bicyclic) bond motifs is 1. The molecule has 0 aliphatic heterocycles. The zero-order valence-corrected chi connectivity index (χ0v) is 14.3. The first kappa shape index (κ1) is 15.7. The van der Waals surface area contributed by atoms with Gasteiger partial charge >= 0.3 is 0 Å². The topological polar surface area (TPSA) is 81.7 Å². The Kier molecular flexibility index (Phi) is 4.16. The lowest BCUT2D eigenvalue weighted by molar-refractivity contribution is 0.626. The second kappa shape index (κ2) is 6.11. The van der Waals surface area contributed by atoms with Crippen LogP contribution >= 0.6 is 15.9 Å². The Morgan fingerprint density at radius 3 is 2.61 bits per heavy atom. The fourth-order valence-corrected chi connectivity index (χ4v) is 2.96. The smallest absolute Gasteiger partial charge is 0.227 e. The SMILES string of the molecule is CCn1c(Br)nc2c(N)nc(NC(C)c3ccc(F)cc3)nc21. The van der Waals surface area contributed by atoms with Gasteiger partial charge in [-0.1, -0.05) is 12.1 Å². The molecule has 1 unspecified atom stereocenters. The van der Waals surface area contributed by atoms with E-state index in [1.54, 1.807) is 12.1 Å². The van der Waals surface area contributed by atoms with Crippen molar-refractivity contribution in [3.63, 3.8) is 0 Å². The highest BCUT2D eigenvalue weighted by Gasteiger charge is 2.15. The molecule has 0 bridgehead atoms. The summed E-state index contributed by atoms with van der Waals surface area (Å²) in [5.41, 5.74) is 8.16. The summed E-state index contributed by atoms with van der Waals surface area (Å²) >= 11 is 3.40. The molecule has 6 nitrogen and oxygen atoms in total. The van der Waals surface area contributed by atoms with Crippen LogP contribution in [0.1, 0.15) is 25.5 Å². The molecule has 3 aromatic rings. The minimum atomic E-state index is -0.264. The molecule has 8 heteroatoms. The second-order valence-electron chi connectivity index (χ2n) is 5.15. The number of aromatic nitrogens is 4. The van der Waals surface area contributed by atoms with Crippen LogP contribution in [0.4, 0.5) is 16.2 Å². The summed E-state index contributed by atoms with van der Waals surface area (Å²) in [7, 11) is 0. The Morgan fingerprint density at radius 1 is 1.26 bits per heavy atom. The maximum atomic E-state index is 13.0. The van der Waals surface area contributed by atoms with Crippen LogP contribution in [0.15, 0.2) is 29.0 Å². The van der Waals surface area contributed by atoms with Crippen LogP contribution in [-0.4, -0.2) is 19.5 Å². The van der Waals surface area contributed by atoms with E-state index in [1.807, 2.05) is 18.4 Å². The molecular weight excluding hydrogens is 363 g/mol. The van der Waals surface area contributed by atoms with Gasteiger partial charge in [-0.2, -0.15) is 9.97 Å². The summed E-state index contributed by atoms with van der Waals surface area (Å²) in [6.07, 6.45) is 0. The number of aryl methyl sites for hydroxylation is 1. The van der Waals surface area contributed by atoms with Crippen LogP contribution < -0.4 is 11.1 Å². The lowest BCUT2D eigenvalue weighted by atomic mass is 10.1. The van der Waals surface area contributed by atoms with E-state index < -0.39 is 0 Å². The zero-order chi connectivity index (χ0) is 16.6. The molecule has 0 saturated carbocycles. The first-order valence-corrected chi connectivity index (χ1v) is 8.00. The lowest BCUT2D eigenvalue weighted by Gasteiger charge is -2.14. The van der Waals surface area contributed by atoms with Crippen molar-refractivity contribution >= 4 is 38.9 Å². The molecule has 1 aromatic carbocycles. The standard InChI is InChI=1S/C15H16BrFN6/c1-3-23-13-11(20-14(23)16)12(18)21-15(22-13)19-8(2)9-4-6-10(17)7-5-9/h4-8H,3H2,1-2H3,(H3,18,19,21,22). The number of nitrogens with zero attached hydrogens (tertiary/aromatic N) is 4. The van der Waals surface area contributed by atoms with Crippen LogP contribution in [-0.2, 0) is 6.54 Å². The molecule has 0 fully saturated rings. The van der Waals surface area contributed by atoms with Crippen molar-refractivity contribution in [3.05, 3.63) is 40.4 Å². The van der Waals surface area contributed by atoms with E-state index in [4.69, 9.17) is 5.73 Å². The zero-order valence-electron chi connectivity index (χ0n) is 12.7. The van der Waals surface area contributed by atoms with Crippen LogP contribution in [0.3, 0.4) is 0 Å². The molecule has 2 aromatic heterocycles. The normalized spacial score (nSPS) is 12.5. The second-order valence-corrected chi connectivity index (χ2v) is 5.86. The van der Waals surface area contributed by atoms with Gasteiger partial charge in [-0.15, -0.1) is 0 Å². The Balaban J connectivity index is 1.95. The third kappa shape index (κ3) is 2.98. The van der Waals surface area contributed by atoms with E-state index in [-0.39, 0.29) is 11.9 Å². The molecule has 0 aliphatic rings. The fraction of sp³-hybridized carbons (Fsp3) is 0.267. The molecule has 3 rings (SSSR count). The van der Waals surface area contributed by atoms with Gasteiger partial charge in [0.1, 0.15) is 5.82 Å².